The van der Waals surface area contributed by atoms with E-state index in [1.807, 2.05) is 0 Å². The Balaban J connectivity index is 3.33. The Kier molecular flexibility index (Phi) is 8.98. The lowest BCUT2D eigenvalue weighted by molar-refractivity contribution is -0.163. The van der Waals surface area contributed by atoms with Crippen LogP contribution in [0.5, 0.6) is 0 Å². The predicted octanol–water partition coefficient (Wildman–Crippen LogP) is 2.41. The zero-order chi connectivity index (χ0) is 19.7. The molecule has 1 atom stereocenters. The molecule has 1 aromatic rings. The Bertz CT molecular complexity index is 636. The van der Waals surface area contributed by atoms with Crippen molar-refractivity contribution >= 4 is 39.6 Å². The second-order valence-corrected chi connectivity index (χ2v) is 6.17. The minimum atomic E-state index is -1.37. The Morgan fingerprint density at radius 1 is 0.962 bits per heavy atom. The van der Waals surface area contributed by atoms with E-state index in [-0.39, 0.29) is 13.2 Å². The molecule has 0 radical (unpaired) electrons. The van der Waals surface area contributed by atoms with Crippen LogP contribution in [0.2, 0.25) is 0 Å². The maximum atomic E-state index is 12.4. The van der Waals surface area contributed by atoms with Gasteiger partial charge in [0.1, 0.15) is 0 Å². The normalized spacial score (nSPS) is 11.6. The molecular weight excluding hydrogens is 408 g/mol. The first-order valence-electron chi connectivity index (χ1n) is 8.05. The molecule has 0 spiro atoms. The minimum Gasteiger partial charge on any atom is -0.465 e. The summed E-state index contributed by atoms with van der Waals surface area (Å²) in [7, 11) is 1.09. The molecule has 0 aliphatic carbocycles. The summed E-state index contributed by atoms with van der Waals surface area (Å²) in [6.45, 7) is 3.34. The third kappa shape index (κ3) is 5.94. The van der Waals surface area contributed by atoms with Gasteiger partial charge in [-0.2, -0.15) is 0 Å². The number of ether oxygens (including phenoxy) is 3. The number of hydrogen-bond donors (Lipinski definition) is 0. The molecule has 0 saturated heterocycles. The van der Waals surface area contributed by atoms with Crippen molar-refractivity contribution in [3.8, 4) is 0 Å². The first-order chi connectivity index (χ1) is 12.3. The van der Waals surface area contributed by atoms with Gasteiger partial charge in [0.05, 0.1) is 20.3 Å². The summed E-state index contributed by atoms with van der Waals surface area (Å²) >= 11 is 3.30. The van der Waals surface area contributed by atoms with E-state index in [0.29, 0.717) is 5.56 Å². The lowest BCUT2D eigenvalue weighted by Crippen LogP contribution is -2.35. The van der Waals surface area contributed by atoms with Crippen molar-refractivity contribution in [2.75, 3.05) is 20.3 Å². The van der Waals surface area contributed by atoms with E-state index in [2.05, 4.69) is 20.7 Å². The Morgan fingerprint density at radius 2 is 1.46 bits per heavy atom. The summed E-state index contributed by atoms with van der Waals surface area (Å²) in [6, 6.07) is 6.73. The van der Waals surface area contributed by atoms with E-state index in [1.54, 1.807) is 38.1 Å². The fraction of sp³-hybridized carbons (Fsp3) is 0.444. The highest BCUT2D eigenvalue weighted by atomic mass is 79.9. The van der Waals surface area contributed by atoms with Gasteiger partial charge in [0.25, 0.3) is 0 Å². The molecule has 0 aliphatic rings. The predicted molar refractivity (Wildman–Crippen MR) is 95.3 cm³/mol. The summed E-state index contributed by atoms with van der Waals surface area (Å²) in [5, 5.41) is 0. The molecule has 7 nitrogen and oxygen atoms in total. The van der Waals surface area contributed by atoms with Crippen LogP contribution in [0.25, 0.3) is 0 Å². The number of rotatable bonds is 9. The molecular formula is C18H21BrO7. The highest BCUT2D eigenvalue weighted by Gasteiger charge is 2.40. The molecule has 1 rings (SSSR count). The van der Waals surface area contributed by atoms with E-state index in [4.69, 9.17) is 9.47 Å². The summed E-state index contributed by atoms with van der Waals surface area (Å²) in [5.41, 5.74) is 0.525. The molecule has 0 amide bonds. The quantitative estimate of drug-likeness (QED) is 0.257. The average molecular weight is 429 g/mol. The maximum Gasteiger partial charge on any atom is 0.374 e. The third-order valence-electron chi connectivity index (χ3n) is 3.60. The summed E-state index contributed by atoms with van der Waals surface area (Å²) in [4.78, 5) is 48.4. The van der Waals surface area contributed by atoms with Crippen LogP contribution in [0, 0.1) is 5.92 Å². The van der Waals surface area contributed by atoms with Gasteiger partial charge in [-0.05, 0) is 31.5 Å². The maximum absolute atomic E-state index is 12.4. The number of Topliss-reactive ketones (excluding diaryl/α,β-unsaturated/α-hetero) is 1. The lowest BCUT2D eigenvalue weighted by Gasteiger charge is -2.24. The van der Waals surface area contributed by atoms with Crippen LogP contribution >= 0.6 is 15.9 Å². The molecule has 0 heterocycles. The zero-order valence-electron chi connectivity index (χ0n) is 14.8. The molecule has 0 N–H and O–H groups in total. The third-order valence-corrected chi connectivity index (χ3v) is 4.13. The average Bonchev–Trinajstić information content (AvgIpc) is 2.61. The van der Waals surface area contributed by atoms with E-state index < -0.39 is 41.9 Å². The van der Waals surface area contributed by atoms with Crippen molar-refractivity contribution < 1.29 is 33.4 Å². The molecule has 8 heteroatoms. The van der Waals surface area contributed by atoms with E-state index >= 15 is 0 Å². The number of carbonyl (C=O) groups excluding carboxylic acids is 4. The van der Waals surface area contributed by atoms with Crippen molar-refractivity contribution in [1.82, 2.24) is 0 Å². The summed E-state index contributed by atoms with van der Waals surface area (Å²) in [6.07, 6.45) is -0.392. The Labute approximate surface area is 160 Å². The second-order valence-electron chi connectivity index (χ2n) is 5.26. The highest BCUT2D eigenvalue weighted by molar-refractivity contribution is 9.10. The van der Waals surface area contributed by atoms with Crippen LogP contribution in [0.1, 0.15) is 31.7 Å². The van der Waals surface area contributed by atoms with Crippen molar-refractivity contribution in [3.05, 3.63) is 34.3 Å². The van der Waals surface area contributed by atoms with Gasteiger partial charge in [-0.3, -0.25) is 14.4 Å². The fourth-order valence-corrected chi connectivity index (χ4v) is 2.69. The zero-order valence-corrected chi connectivity index (χ0v) is 16.4. The summed E-state index contributed by atoms with van der Waals surface area (Å²) in [5.74, 6) is -5.80. The number of benzene rings is 1. The SMILES string of the molecule is CCOC(=O)C(C(=O)OCC)C(CC(=O)C(=O)OC)c1ccc(Br)cc1. The van der Waals surface area contributed by atoms with Crippen LogP contribution in [0.4, 0.5) is 0 Å². The highest BCUT2D eigenvalue weighted by Crippen LogP contribution is 2.32. The first-order valence-corrected chi connectivity index (χ1v) is 8.84. The Hall–Kier alpha value is -2.22. The molecule has 0 fully saturated rings. The van der Waals surface area contributed by atoms with Crippen LogP contribution in [-0.2, 0) is 33.4 Å². The van der Waals surface area contributed by atoms with Crippen LogP contribution in [-0.4, -0.2) is 44.0 Å². The molecule has 0 saturated carbocycles. The second kappa shape index (κ2) is 10.7. The van der Waals surface area contributed by atoms with Crippen LogP contribution in [0.15, 0.2) is 28.7 Å². The molecule has 1 unspecified atom stereocenters. The molecule has 0 bridgehead atoms. The van der Waals surface area contributed by atoms with E-state index in [1.165, 1.54) is 0 Å². The van der Waals surface area contributed by atoms with E-state index in [0.717, 1.165) is 11.6 Å². The van der Waals surface area contributed by atoms with Gasteiger partial charge < -0.3 is 14.2 Å². The Morgan fingerprint density at radius 3 is 1.88 bits per heavy atom. The van der Waals surface area contributed by atoms with Crippen molar-refractivity contribution in [2.24, 2.45) is 5.92 Å². The molecule has 142 valence electrons. The standard InChI is InChI=1S/C18H21BrO7/c1-4-25-17(22)15(18(23)26-5-2)13(10-14(20)16(21)24-3)11-6-8-12(19)9-7-11/h6-9,13,15H,4-5,10H2,1-3H3. The molecule has 0 aromatic heterocycles. The van der Waals surface area contributed by atoms with Gasteiger partial charge in [-0.1, -0.05) is 28.1 Å². The van der Waals surface area contributed by atoms with Crippen LogP contribution < -0.4 is 0 Å². The van der Waals surface area contributed by atoms with Gasteiger partial charge in [0.15, 0.2) is 5.92 Å². The van der Waals surface area contributed by atoms with E-state index in [9.17, 15) is 19.2 Å². The largest absolute Gasteiger partial charge is 0.465 e. The van der Waals surface area contributed by atoms with Crippen molar-refractivity contribution in [2.45, 2.75) is 26.2 Å². The molecule has 26 heavy (non-hydrogen) atoms. The van der Waals surface area contributed by atoms with Gasteiger partial charge in [0, 0.05) is 16.8 Å². The number of esters is 3. The van der Waals surface area contributed by atoms with Gasteiger partial charge in [-0.15, -0.1) is 0 Å². The van der Waals surface area contributed by atoms with Gasteiger partial charge >= 0.3 is 17.9 Å². The van der Waals surface area contributed by atoms with Gasteiger partial charge in [0.2, 0.25) is 5.78 Å². The van der Waals surface area contributed by atoms with Crippen molar-refractivity contribution in [3.63, 3.8) is 0 Å². The minimum absolute atomic E-state index is 0.0622. The topological polar surface area (TPSA) is 96.0 Å². The smallest absolute Gasteiger partial charge is 0.374 e. The van der Waals surface area contributed by atoms with Crippen LogP contribution in [0.3, 0.4) is 0 Å². The van der Waals surface area contributed by atoms with Gasteiger partial charge in [-0.25, -0.2) is 4.79 Å². The summed E-state index contributed by atoms with van der Waals surface area (Å²) < 4.78 is 15.2. The number of methoxy groups -OCH3 is 1. The number of hydrogen-bond acceptors (Lipinski definition) is 7. The fourth-order valence-electron chi connectivity index (χ4n) is 2.42. The lowest BCUT2D eigenvalue weighted by atomic mass is 9.82. The van der Waals surface area contributed by atoms with Crippen molar-refractivity contribution in [1.29, 1.82) is 0 Å². The number of halogens is 1. The molecule has 0 aliphatic heterocycles. The number of carbonyl (C=O) groups is 4. The number of ketones is 1. The first kappa shape index (κ1) is 21.8. The molecule has 1 aromatic carbocycles. The monoisotopic (exact) mass is 428 g/mol.